The van der Waals surface area contributed by atoms with E-state index in [0.29, 0.717) is 17.2 Å². The molecule has 3 rings (SSSR count). The van der Waals surface area contributed by atoms with Crippen molar-refractivity contribution in [3.63, 3.8) is 0 Å². The molecule has 1 aromatic heterocycles. The van der Waals surface area contributed by atoms with Crippen LogP contribution in [0.4, 0.5) is 5.69 Å². The van der Waals surface area contributed by atoms with E-state index in [1.54, 1.807) is 30.3 Å². The molecular weight excluding hydrogens is 452 g/mol. The van der Waals surface area contributed by atoms with Crippen LogP contribution in [0.3, 0.4) is 0 Å². The molecule has 2 N–H and O–H groups in total. The first-order valence-corrected chi connectivity index (χ1v) is 9.96. The van der Waals surface area contributed by atoms with Gasteiger partial charge >= 0.3 is 0 Å². The quantitative estimate of drug-likeness (QED) is 0.488. The number of carbonyl (C=O) groups is 2. The molecule has 1 heterocycles. The molecule has 0 fully saturated rings. The van der Waals surface area contributed by atoms with Crippen LogP contribution < -0.4 is 15.4 Å². The maximum atomic E-state index is 12.4. The zero-order valence-corrected chi connectivity index (χ0v) is 17.9. The summed E-state index contributed by atoms with van der Waals surface area (Å²) in [6, 6.07) is 18.0. The van der Waals surface area contributed by atoms with Crippen LogP contribution in [-0.2, 0) is 22.7 Å². The molecule has 0 bridgehead atoms. The second-order valence-electron chi connectivity index (χ2n) is 6.37. The van der Waals surface area contributed by atoms with E-state index in [1.165, 1.54) is 7.11 Å². The summed E-state index contributed by atoms with van der Waals surface area (Å²) in [4.78, 5) is 24.0. The van der Waals surface area contributed by atoms with E-state index in [9.17, 15) is 9.59 Å². The van der Waals surface area contributed by atoms with Crippen LogP contribution in [0, 0.1) is 0 Å². The molecule has 30 heavy (non-hydrogen) atoms. The van der Waals surface area contributed by atoms with Crippen molar-refractivity contribution in [2.75, 3.05) is 19.0 Å². The van der Waals surface area contributed by atoms with Gasteiger partial charge in [0.05, 0.1) is 0 Å². The minimum Gasteiger partial charge on any atom is -0.486 e. The van der Waals surface area contributed by atoms with Gasteiger partial charge in [0.25, 0.3) is 5.91 Å². The summed E-state index contributed by atoms with van der Waals surface area (Å²) < 4.78 is 17.0. The average Bonchev–Trinajstić information content (AvgIpc) is 3.21. The van der Waals surface area contributed by atoms with Crippen LogP contribution in [-0.4, -0.2) is 25.5 Å². The number of amides is 2. The third-order valence-electron chi connectivity index (χ3n) is 4.02. The summed E-state index contributed by atoms with van der Waals surface area (Å²) in [6.45, 7) is 0.490. The predicted molar refractivity (Wildman–Crippen MR) is 115 cm³/mol. The number of benzene rings is 2. The fraction of sp³-hybridized carbons (Fsp3) is 0.182. The van der Waals surface area contributed by atoms with Gasteiger partial charge in [-0.25, -0.2) is 0 Å². The highest BCUT2D eigenvalue weighted by atomic mass is 79.9. The molecule has 0 radical (unpaired) electrons. The van der Waals surface area contributed by atoms with Gasteiger partial charge in [-0.2, -0.15) is 0 Å². The van der Waals surface area contributed by atoms with Crippen molar-refractivity contribution >= 4 is 33.4 Å². The Labute approximate surface area is 182 Å². The Hall–Kier alpha value is -3.10. The topological polar surface area (TPSA) is 89.8 Å². The second kappa shape index (κ2) is 10.6. The molecular formula is C22H21BrN2O5. The molecule has 0 saturated carbocycles. The van der Waals surface area contributed by atoms with Crippen LogP contribution in [0.15, 0.2) is 69.6 Å². The van der Waals surface area contributed by atoms with Crippen molar-refractivity contribution in [3.05, 3.63) is 82.2 Å². The molecule has 0 atom stereocenters. The number of ether oxygens (including phenoxy) is 2. The number of anilines is 1. The van der Waals surface area contributed by atoms with Gasteiger partial charge in [0.15, 0.2) is 5.76 Å². The van der Waals surface area contributed by atoms with E-state index >= 15 is 0 Å². The number of methoxy groups -OCH3 is 1. The molecule has 0 unspecified atom stereocenters. The fourth-order valence-electron chi connectivity index (χ4n) is 2.62. The molecule has 8 heteroatoms. The van der Waals surface area contributed by atoms with Gasteiger partial charge in [-0.05, 0) is 54.1 Å². The van der Waals surface area contributed by atoms with Crippen LogP contribution >= 0.6 is 15.9 Å². The lowest BCUT2D eigenvalue weighted by Gasteiger charge is -2.08. The van der Waals surface area contributed by atoms with E-state index in [2.05, 4.69) is 26.6 Å². The number of hydrogen-bond donors (Lipinski definition) is 2. The Bertz CT molecular complexity index is 1000. The maximum absolute atomic E-state index is 12.4. The molecule has 0 saturated heterocycles. The van der Waals surface area contributed by atoms with Crippen LogP contribution in [0.5, 0.6) is 5.75 Å². The number of nitrogens with one attached hydrogen (secondary N) is 2. The van der Waals surface area contributed by atoms with Crippen LogP contribution in [0.25, 0.3) is 0 Å². The minimum atomic E-state index is -0.335. The molecule has 7 nitrogen and oxygen atoms in total. The molecule has 2 amide bonds. The predicted octanol–water partition coefficient (Wildman–Crippen LogP) is 4.14. The number of hydrogen-bond acceptors (Lipinski definition) is 5. The summed E-state index contributed by atoms with van der Waals surface area (Å²) in [5.41, 5.74) is 1.47. The molecule has 156 valence electrons. The Balaban J connectivity index is 1.50. The lowest BCUT2D eigenvalue weighted by molar-refractivity contribution is -0.119. The maximum Gasteiger partial charge on any atom is 0.287 e. The zero-order chi connectivity index (χ0) is 21.3. The summed E-state index contributed by atoms with van der Waals surface area (Å²) >= 11 is 3.37. The highest BCUT2D eigenvalue weighted by Gasteiger charge is 2.12. The van der Waals surface area contributed by atoms with Crippen molar-refractivity contribution in [3.8, 4) is 5.75 Å². The largest absolute Gasteiger partial charge is 0.486 e. The van der Waals surface area contributed by atoms with Crippen molar-refractivity contribution in [1.29, 1.82) is 0 Å². The molecule has 0 spiro atoms. The summed E-state index contributed by atoms with van der Waals surface area (Å²) in [5, 5.41) is 5.52. The van der Waals surface area contributed by atoms with Gasteiger partial charge in [0.2, 0.25) is 5.91 Å². The van der Waals surface area contributed by atoms with Crippen LogP contribution in [0.2, 0.25) is 0 Å². The van der Waals surface area contributed by atoms with Crippen molar-refractivity contribution < 1.29 is 23.5 Å². The van der Waals surface area contributed by atoms with Gasteiger partial charge in [0, 0.05) is 23.8 Å². The first-order valence-electron chi connectivity index (χ1n) is 9.16. The number of rotatable bonds is 9. The van der Waals surface area contributed by atoms with E-state index in [-0.39, 0.29) is 37.3 Å². The van der Waals surface area contributed by atoms with Gasteiger partial charge in [-0.1, -0.05) is 28.1 Å². The first-order chi connectivity index (χ1) is 14.5. The molecule has 0 aliphatic carbocycles. The van der Waals surface area contributed by atoms with Gasteiger partial charge in [-0.15, -0.1) is 0 Å². The molecule has 2 aromatic carbocycles. The normalized spacial score (nSPS) is 10.5. The Morgan fingerprint density at radius 1 is 1.07 bits per heavy atom. The smallest absolute Gasteiger partial charge is 0.287 e. The summed E-state index contributed by atoms with van der Waals surface area (Å²) in [5.74, 6) is 0.879. The fourth-order valence-corrected chi connectivity index (χ4v) is 2.88. The molecule has 0 aliphatic heterocycles. The third-order valence-corrected chi connectivity index (χ3v) is 4.55. The summed E-state index contributed by atoms with van der Waals surface area (Å²) in [6.07, 6.45) is 0. The van der Waals surface area contributed by atoms with Crippen molar-refractivity contribution in [2.45, 2.75) is 13.2 Å². The van der Waals surface area contributed by atoms with Crippen molar-refractivity contribution in [2.24, 2.45) is 0 Å². The van der Waals surface area contributed by atoms with Crippen molar-refractivity contribution in [1.82, 2.24) is 5.32 Å². The standard InChI is InChI=1S/C22H21BrN2O5/c1-28-14-21(26)25-17-4-2-3-15(11-17)12-24-22(27)20-10-9-19(30-20)13-29-18-7-5-16(23)6-8-18/h2-11H,12-14H2,1H3,(H,24,27)(H,25,26). The highest BCUT2D eigenvalue weighted by Crippen LogP contribution is 2.18. The van der Waals surface area contributed by atoms with Gasteiger partial charge < -0.3 is 24.5 Å². The molecule has 0 aliphatic rings. The SMILES string of the molecule is COCC(=O)Nc1cccc(CNC(=O)c2ccc(COc3ccc(Br)cc3)o2)c1. The number of halogens is 1. The third kappa shape index (κ3) is 6.47. The lowest BCUT2D eigenvalue weighted by Crippen LogP contribution is -2.22. The lowest BCUT2D eigenvalue weighted by atomic mass is 10.2. The van der Waals surface area contributed by atoms with E-state index in [4.69, 9.17) is 13.9 Å². The second-order valence-corrected chi connectivity index (χ2v) is 7.29. The Morgan fingerprint density at radius 3 is 2.63 bits per heavy atom. The van der Waals surface area contributed by atoms with E-state index in [1.807, 2.05) is 30.3 Å². The van der Waals surface area contributed by atoms with Crippen LogP contribution in [0.1, 0.15) is 21.9 Å². The first kappa shape index (κ1) is 21.6. The van der Waals surface area contributed by atoms with Gasteiger partial charge in [-0.3, -0.25) is 9.59 Å². The van der Waals surface area contributed by atoms with E-state index in [0.717, 1.165) is 10.0 Å². The molecule has 3 aromatic rings. The minimum absolute atomic E-state index is 0.0205. The number of carbonyl (C=O) groups excluding carboxylic acids is 2. The van der Waals surface area contributed by atoms with E-state index < -0.39 is 0 Å². The highest BCUT2D eigenvalue weighted by molar-refractivity contribution is 9.10. The Kier molecular flexibility index (Phi) is 7.64. The zero-order valence-electron chi connectivity index (χ0n) is 16.3. The average molecular weight is 473 g/mol. The van der Waals surface area contributed by atoms with Gasteiger partial charge in [0.1, 0.15) is 24.7 Å². The Morgan fingerprint density at radius 2 is 1.87 bits per heavy atom. The summed E-state index contributed by atoms with van der Waals surface area (Å²) in [7, 11) is 1.46. The monoisotopic (exact) mass is 472 g/mol. The number of furan rings is 1.